The highest BCUT2D eigenvalue weighted by Crippen LogP contribution is 2.32. The summed E-state index contributed by atoms with van der Waals surface area (Å²) in [5.41, 5.74) is 0. The molecule has 3 heterocycles. The van der Waals surface area contributed by atoms with Crippen molar-refractivity contribution >= 4 is 0 Å². The normalized spacial score (nSPS) is 32.7. The standard InChI is InChI=1S/C13H21N3O2/c1-8(17-2)13-15-12(18-16-13)7-9-5-10-3-4-11(6-9)14-10/h8-11,14H,3-7H2,1-2H3. The van der Waals surface area contributed by atoms with Crippen molar-refractivity contribution in [2.75, 3.05) is 7.11 Å². The van der Waals surface area contributed by atoms with Crippen LogP contribution in [0.25, 0.3) is 0 Å². The minimum atomic E-state index is -0.0910. The number of fused-ring (bicyclic) bond motifs is 2. The van der Waals surface area contributed by atoms with Crippen molar-refractivity contribution < 1.29 is 9.26 Å². The Labute approximate surface area is 107 Å². The lowest BCUT2D eigenvalue weighted by Gasteiger charge is -2.28. The van der Waals surface area contributed by atoms with Gasteiger partial charge in [0.15, 0.2) is 5.82 Å². The van der Waals surface area contributed by atoms with Gasteiger partial charge in [-0.1, -0.05) is 5.16 Å². The van der Waals surface area contributed by atoms with Crippen molar-refractivity contribution in [3.05, 3.63) is 11.7 Å². The smallest absolute Gasteiger partial charge is 0.227 e. The minimum absolute atomic E-state index is 0.0910. The van der Waals surface area contributed by atoms with Gasteiger partial charge in [0.25, 0.3) is 0 Å². The van der Waals surface area contributed by atoms with E-state index in [-0.39, 0.29) is 6.10 Å². The van der Waals surface area contributed by atoms with E-state index < -0.39 is 0 Å². The first-order valence-corrected chi connectivity index (χ1v) is 6.86. The maximum atomic E-state index is 5.32. The fraction of sp³-hybridized carbons (Fsp3) is 0.846. The molecule has 2 aliphatic heterocycles. The number of aromatic nitrogens is 2. The fourth-order valence-electron chi connectivity index (χ4n) is 3.21. The number of hydrogen-bond acceptors (Lipinski definition) is 5. The van der Waals surface area contributed by atoms with Crippen molar-refractivity contribution in [1.29, 1.82) is 0 Å². The van der Waals surface area contributed by atoms with Crippen LogP contribution in [0.15, 0.2) is 4.52 Å². The number of nitrogens with one attached hydrogen (secondary N) is 1. The number of piperidine rings is 1. The van der Waals surface area contributed by atoms with Crippen molar-refractivity contribution in [3.63, 3.8) is 0 Å². The van der Waals surface area contributed by atoms with Crippen LogP contribution in [0.1, 0.15) is 50.4 Å². The van der Waals surface area contributed by atoms with Gasteiger partial charge in [-0.2, -0.15) is 4.98 Å². The van der Waals surface area contributed by atoms with E-state index in [4.69, 9.17) is 9.26 Å². The van der Waals surface area contributed by atoms with Gasteiger partial charge in [0, 0.05) is 25.6 Å². The zero-order valence-electron chi connectivity index (χ0n) is 11.1. The van der Waals surface area contributed by atoms with Gasteiger partial charge in [-0.05, 0) is 38.5 Å². The summed E-state index contributed by atoms with van der Waals surface area (Å²) in [7, 11) is 1.66. The van der Waals surface area contributed by atoms with Crippen LogP contribution in [0.5, 0.6) is 0 Å². The lowest BCUT2D eigenvalue weighted by molar-refractivity contribution is 0.109. The molecule has 0 saturated carbocycles. The summed E-state index contributed by atoms with van der Waals surface area (Å²) in [4.78, 5) is 4.42. The van der Waals surface area contributed by atoms with Crippen LogP contribution < -0.4 is 5.32 Å². The molecule has 2 aliphatic rings. The molecule has 5 nitrogen and oxygen atoms in total. The third kappa shape index (κ3) is 2.42. The maximum Gasteiger partial charge on any atom is 0.227 e. The number of nitrogens with zero attached hydrogens (tertiary/aromatic N) is 2. The van der Waals surface area contributed by atoms with Crippen molar-refractivity contribution in [2.45, 2.75) is 57.2 Å². The van der Waals surface area contributed by atoms with E-state index >= 15 is 0 Å². The number of methoxy groups -OCH3 is 1. The Morgan fingerprint density at radius 3 is 2.78 bits per heavy atom. The summed E-state index contributed by atoms with van der Waals surface area (Å²) in [5.74, 6) is 2.11. The highest BCUT2D eigenvalue weighted by molar-refractivity contribution is 4.96. The van der Waals surface area contributed by atoms with Crippen LogP contribution >= 0.6 is 0 Å². The van der Waals surface area contributed by atoms with Gasteiger partial charge in [0.1, 0.15) is 6.10 Å². The second kappa shape index (κ2) is 4.97. The van der Waals surface area contributed by atoms with Gasteiger partial charge in [0.2, 0.25) is 5.89 Å². The summed E-state index contributed by atoms with van der Waals surface area (Å²) >= 11 is 0. The predicted molar refractivity (Wildman–Crippen MR) is 66.1 cm³/mol. The monoisotopic (exact) mass is 251 g/mol. The van der Waals surface area contributed by atoms with E-state index in [2.05, 4.69) is 15.5 Å². The summed E-state index contributed by atoms with van der Waals surface area (Å²) in [5, 5.41) is 7.63. The van der Waals surface area contributed by atoms with Crippen LogP contribution in [-0.2, 0) is 11.2 Å². The first-order valence-electron chi connectivity index (χ1n) is 6.86. The van der Waals surface area contributed by atoms with Crippen molar-refractivity contribution in [3.8, 4) is 0 Å². The lowest BCUT2D eigenvalue weighted by atomic mass is 9.90. The first kappa shape index (κ1) is 12.1. The molecule has 3 rings (SSSR count). The molecule has 0 aromatic carbocycles. The van der Waals surface area contributed by atoms with Crippen LogP contribution in [0, 0.1) is 5.92 Å². The maximum absolute atomic E-state index is 5.32. The minimum Gasteiger partial charge on any atom is -0.374 e. The average Bonchev–Trinajstić information content (AvgIpc) is 2.96. The topological polar surface area (TPSA) is 60.2 Å². The molecule has 0 amide bonds. The average molecular weight is 251 g/mol. The van der Waals surface area contributed by atoms with E-state index in [1.54, 1.807) is 7.11 Å². The molecule has 2 saturated heterocycles. The molecule has 0 radical (unpaired) electrons. The SMILES string of the molecule is COC(C)c1noc(CC2CC3CCC(C2)N3)n1. The second-order valence-corrected chi connectivity index (χ2v) is 5.60. The Morgan fingerprint density at radius 1 is 1.39 bits per heavy atom. The molecule has 5 heteroatoms. The molecule has 0 aliphatic carbocycles. The fourth-order valence-corrected chi connectivity index (χ4v) is 3.21. The molecule has 18 heavy (non-hydrogen) atoms. The zero-order valence-corrected chi connectivity index (χ0v) is 11.1. The summed E-state index contributed by atoms with van der Waals surface area (Å²) in [6.45, 7) is 1.93. The van der Waals surface area contributed by atoms with Gasteiger partial charge in [-0.3, -0.25) is 0 Å². The van der Waals surface area contributed by atoms with Gasteiger partial charge in [-0.25, -0.2) is 0 Å². The van der Waals surface area contributed by atoms with Crippen molar-refractivity contribution in [2.24, 2.45) is 5.92 Å². The van der Waals surface area contributed by atoms with E-state index in [1.807, 2.05) is 6.92 Å². The third-order valence-corrected chi connectivity index (χ3v) is 4.23. The molecule has 1 N–H and O–H groups in total. The Balaban J connectivity index is 1.61. The highest BCUT2D eigenvalue weighted by Gasteiger charge is 2.34. The van der Waals surface area contributed by atoms with Crippen LogP contribution in [0.2, 0.25) is 0 Å². The molecular formula is C13H21N3O2. The largest absolute Gasteiger partial charge is 0.374 e. The number of rotatable bonds is 4. The Kier molecular flexibility index (Phi) is 3.35. The van der Waals surface area contributed by atoms with E-state index in [1.165, 1.54) is 25.7 Å². The molecule has 2 fully saturated rings. The van der Waals surface area contributed by atoms with Crippen LogP contribution in [0.4, 0.5) is 0 Å². The second-order valence-electron chi connectivity index (χ2n) is 5.60. The van der Waals surface area contributed by atoms with Gasteiger partial charge >= 0.3 is 0 Å². The summed E-state index contributed by atoms with van der Waals surface area (Å²) < 4.78 is 10.5. The zero-order chi connectivity index (χ0) is 12.5. The molecule has 1 aromatic heterocycles. The van der Waals surface area contributed by atoms with E-state index in [9.17, 15) is 0 Å². The molecule has 3 atom stereocenters. The Bertz CT molecular complexity index is 395. The summed E-state index contributed by atoms with van der Waals surface area (Å²) in [6, 6.07) is 1.43. The highest BCUT2D eigenvalue weighted by atomic mass is 16.5. The first-order chi connectivity index (χ1) is 8.74. The molecular weight excluding hydrogens is 230 g/mol. The lowest BCUT2D eigenvalue weighted by Crippen LogP contribution is -2.38. The molecule has 2 bridgehead atoms. The number of ether oxygens (including phenoxy) is 1. The van der Waals surface area contributed by atoms with Gasteiger partial charge in [-0.15, -0.1) is 0 Å². The van der Waals surface area contributed by atoms with Crippen LogP contribution in [0.3, 0.4) is 0 Å². The molecule has 1 aromatic rings. The molecule has 3 unspecified atom stereocenters. The van der Waals surface area contributed by atoms with E-state index in [0.29, 0.717) is 23.8 Å². The van der Waals surface area contributed by atoms with Gasteiger partial charge < -0.3 is 14.6 Å². The number of hydrogen-bond donors (Lipinski definition) is 1. The molecule has 100 valence electrons. The van der Waals surface area contributed by atoms with Gasteiger partial charge in [0.05, 0.1) is 0 Å². The molecule has 0 spiro atoms. The predicted octanol–water partition coefficient (Wildman–Crippen LogP) is 1.85. The Morgan fingerprint density at radius 2 is 2.11 bits per heavy atom. The van der Waals surface area contributed by atoms with Crippen molar-refractivity contribution in [1.82, 2.24) is 15.5 Å². The summed E-state index contributed by atoms with van der Waals surface area (Å²) in [6.07, 6.45) is 5.97. The quantitative estimate of drug-likeness (QED) is 0.885. The Hall–Kier alpha value is -0.940. The van der Waals surface area contributed by atoms with Crippen LogP contribution in [-0.4, -0.2) is 29.3 Å². The van der Waals surface area contributed by atoms with E-state index in [0.717, 1.165) is 12.3 Å². The third-order valence-electron chi connectivity index (χ3n) is 4.23.